The minimum absolute atomic E-state index is 1.07. The van der Waals surface area contributed by atoms with Gasteiger partial charge in [0.15, 0.2) is 0 Å². The van der Waals surface area contributed by atoms with Crippen molar-refractivity contribution in [1.29, 1.82) is 0 Å². The molecule has 0 unspecified atom stereocenters. The smallest absolute Gasteiger partial charge is 0.0299 e. The van der Waals surface area contributed by atoms with Crippen LogP contribution >= 0.6 is 0 Å². The molecule has 1 aliphatic rings. The Morgan fingerprint density at radius 1 is 1.57 bits per heavy atom. The van der Waals surface area contributed by atoms with E-state index in [9.17, 15) is 0 Å². The Labute approximate surface area is 43.8 Å². The van der Waals surface area contributed by atoms with Gasteiger partial charge >= 0.3 is 0 Å². The van der Waals surface area contributed by atoms with Gasteiger partial charge in [0.2, 0.25) is 0 Å². The molecule has 0 aromatic heterocycles. The average Bonchev–Trinajstić information content (AvgIpc) is 1.90. The molecule has 1 heteroatoms. The van der Waals surface area contributed by atoms with E-state index < -0.39 is 0 Å². The molecule has 0 saturated heterocycles. The third kappa shape index (κ3) is 1.53. The molecule has 7 heavy (non-hydrogen) atoms. The van der Waals surface area contributed by atoms with Crippen molar-refractivity contribution in [2.45, 2.75) is 19.3 Å². The third-order valence-corrected chi connectivity index (χ3v) is 0.926. The van der Waals surface area contributed by atoms with E-state index in [0.717, 1.165) is 12.8 Å². The summed E-state index contributed by atoms with van der Waals surface area (Å²) in [4.78, 5) is 3.91. The van der Waals surface area contributed by atoms with Crippen LogP contribution in [0.25, 0.3) is 0 Å². The third-order valence-electron chi connectivity index (χ3n) is 0.926. The van der Waals surface area contributed by atoms with E-state index >= 15 is 0 Å². The van der Waals surface area contributed by atoms with Gasteiger partial charge in [-0.2, -0.15) is 0 Å². The van der Waals surface area contributed by atoms with Gasteiger partial charge in [0.1, 0.15) is 0 Å². The predicted octanol–water partition coefficient (Wildman–Crippen LogP) is 1.56. The van der Waals surface area contributed by atoms with Crippen LogP contribution in [-0.4, -0.2) is 6.21 Å². The van der Waals surface area contributed by atoms with Gasteiger partial charge in [0.05, 0.1) is 0 Å². The molecular formula is C6H8N. The number of rotatable bonds is 0. The minimum Gasteiger partial charge on any atom is -0.269 e. The predicted molar refractivity (Wildman–Crippen MR) is 30.2 cm³/mol. The lowest BCUT2D eigenvalue weighted by molar-refractivity contribution is 0.896. The zero-order chi connectivity index (χ0) is 4.95. The van der Waals surface area contributed by atoms with Gasteiger partial charge < -0.3 is 0 Å². The highest BCUT2D eigenvalue weighted by atomic mass is 14.7. The normalized spacial score (nSPS) is 19.4. The lowest BCUT2D eigenvalue weighted by Crippen LogP contribution is -1.69. The van der Waals surface area contributed by atoms with Crippen molar-refractivity contribution in [3.63, 3.8) is 0 Å². The van der Waals surface area contributed by atoms with Gasteiger partial charge in [-0.25, -0.2) is 0 Å². The fourth-order valence-electron chi connectivity index (χ4n) is 0.540. The molecule has 1 radical (unpaired) electrons. The number of hydrogen-bond donors (Lipinski definition) is 0. The van der Waals surface area contributed by atoms with E-state index in [2.05, 4.69) is 11.1 Å². The largest absolute Gasteiger partial charge is 0.269 e. The molecule has 0 amide bonds. The van der Waals surface area contributed by atoms with E-state index in [-0.39, 0.29) is 0 Å². The zero-order valence-electron chi connectivity index (χ0n) is 4.22. The summed E-state index contributed by atoms with van der Waals surface area (Å²) in [6, 6.07) is 0. The minimum atomic E-state index is 1.07. The molecule has 0 N–H and O–H groups in total. The summed E-state index contributed by atoms with van der Waals surface area (Å²) in [5, 5.41) is 0. The quantitative estimate of drug-likeness (QED) is 0.432. The van der Waals surface area contributed by atoms with Crippen molar-refractivity contribution in [2.24, 2.45) is 4.99 Å². The van der Waals surface area contributed by atoms with E-state index in [1.807, 2.05) is 6.21 Å². The highest BCUT2D eigenvalue weighted by Crippen LogP contribution is 1.96. The van der Waals surface area contributed by atoms with Crippen LogP contribution in [-0.2, 0) is 0 Å². The Hall–Kier alpha value is -0.590. The second-order valence-corrected chi connectivity index (χ2v) is 1.56. The van der Waals surface area contributed by atoms with Crippen molar-refractivity contribution >= 4 is 6.21 Å². The molecule has 1 aliphatic heterocycles. The van der Waals surface area contributed by atoms with Crippen LogP contribution in [0.4, 0.5) is 0 Å². The van der Waals surface area contributed by atoms with Crippen molar-refractivity contribution in [3.05, 3.63) is 12.3 Å². The van der Waals surface area contributed by atoms with Gasteiger partial charge in [0, 0.05) is 12.4 Å². The van der Waals surface area contributed by atoms with Crippen LogP contribution in [0.3, 0.4) is 0 Å². The van der Waals surface area contributed by atoms with Crippen molar-refractivity contribution < 1.29 is 0 Å². The standard InChI is InChI=1S/C6H8N/c1-2-4-6-7-5-3-1/h5-6H,1-3H2. The second-order valence-electron chi connectivity index (χ2n) is 1.56. The first kappa shape index (κ1) is 4.57. The Morgan fingerprint density at radius 2 is 2.57 bits per heavy atom. The Balaban J connectivity index is 2.39. The molecule has 1 rings (SSSR count). The van der Waals surface area contributed by atoms with Crippen LogP contribution in [0.1, 0.15) is 19.3 Å². The van der Waals surface area contributed by atoms with E-state index in [1.54, 1.807) is 6.20 Å². The Morgan fingerprint density at radius 3 is 3.57 bits per heavy atom. The van der Waals surface area contributed by atoms with Gasteiger partial charge in [0.25, 0.3) is 0 Å². The molecule has 0 bridgehead atoms. The summed E-state index contributed by atoms with van der Waals surface area (Å²) in [7, 11) is 0. The molecule has 0 atom stereocenters. The summed E-state index contributed by atoms with van der Waals surface area (Å²) in [5.41, 5.74) is 0. The van der Waals surface area contributed by atoms with Gasteiger partial charge in [-0.05, 0) is 25.3 Å². The second kappa shape index (κ2) is 2.56. The summed E-state index contributed by atoms with van der Waals surface area (Å²) in [6.45, 7) is 0. The SMILES string of the molecule is [C]1=CN=CCCC1. The average molecular weight is 94.1 g/mol. The summed E-state index contributed by atoms with van der Waals surface area (Å²) < 4.78 is 0. The van der Waals surface area contributed by atoms with Crippen molar-refractivity contribution in [1.82, 2.24) is 0 Å². The van der Waals surface area contributed by atoms with Crippen molar-refractivity contribution in [3.8, 4) is 0 Å². The van der Waals surface area contributed by atoms with E-state index in [4.69, 9.17) is 0 Å². The maximum absolute atomic E-state index is 3.91. The van der Waals surface area contributed by atoms with Crippen LogP contribution in [0, 0.1) is 6.08 Å². The topological polar surface area (TPSA) is 12.4 Å². The summed E-state index contributed by atoms with van der Waals surface area (Å²) in [5.74, 6) is 0. The number of aliphatic imine (C=N–C) groups is 1. The highest BCUT2D eigenvalue weighted by molar-refractivity contribution is 5.58. The fourth-order valence-corrected chi connectivity index (χ4v) is 0.540. The Bertz CT molecular complexity index is 80.4. The van der Waals surface area contributed by atoms with Gasteiger partial charge in [-0.15, -0.1) is 0 Å². The molecule has 1 nitrogen and oxygen atoms in total. The van der Waals surface area contributed by atoms with Crippen LogP contribution in [0.5, 0.6) is 0 Å². The maximum atomic E-state index is 3.91. The molecule has 0 aromatic carbocycles. The number of nitrogens with zero attached hydrogens (tertiary/aromatic N) is 1. The fraction of sp³-hybridized carbons (Fsp3) is 0.500. The molecule has 0 spiro atoms. The first-order valence-corrected chi connectivity index (χ1v) is 2.57. The van der Waals surface area contributed by atoms with Gasteiger partial charge in [-0.3, -0.25) is 4.99 Å². The Kier molecular flexibility index (Phi) is 1.67. The number of allylic oxidation sites excluding steroid dienone is 1. The molecular weight excluding hydrogens is 86.1 g/mol. The first-order valence-electron chi connectivity index (χ1n) is 2.57. The number of hydrogen-bond acceptors (Lipinski definition) is 1. The highest BCUT2D eigenvalue weighted by Gasteiger charge is 1.83. The zero-order valence-corrected chi connectivity index (χ0v) is 4.22. The monoisotopic (exact) mass is 94.1 g/mol. The lowest BCUT2D eigenvalue weighted by Gasteiger charge is -1.79. The van der Waals surface area contributed by atoms with Crippen molar-refractivity contribution in [2.75, 3.05) is 0 Å². The maximum Gasteiger partial charge on any atom is 0.0299 e. The van der Waals surface area contributed by atoms with Crippen LogP contribution in [0.2, 0.25) is 0 Å². The molecule has 0 aliphatic carbocycles. The van der Waals surface area contributed by atoms with E-state index in [0.29, 0.717) is 0 Å². The summed E-state index contributed by atoms with van der Waals surface area (Å²) in [6.07, 6.45) is 10.1. The summed E-state index contributed by atoms with van der Waals surface area (Å²) >= 11 is 0. The molecule has 0 fully saturated rings. The lowest BCUT2D eigenvalue weighted by atomic mass is 10.3. The molecule has 1 heterocycles. The molecule has 0 saturated carbocycles. The molecule has 0 aromatic rings. The van der Waals surface area contributed by atoms with Gasteiger partial charge in [-0.1, -0.05) is 0 Å². The van der Waals surface area contributed by atoms with E-state index in [1.165, 1.54) is 6.42 Å². The first-order chi connectivity index (χ1) is 3.50. The van der Waals surface area contributed by atoms with Crippen LogP contribution in [0.15, 0.2) is 11.2 Å². The van der Waals surface area contributed by atoms with Crippen LogP contribution < -0.4 is 0 Å². The molecule has 37 valence electrons.